The molecule has 2 aromatic rings. The fraction of sp³-hybridized carbons (Fsp3) is 0. The number of nitrogens with zero attached hydrogens (tertiary/aromatic N) is 2. The molecule has 3 heteroatoms. The number of rotatable bonds is 0. The smallest absolute Gasteiger partial charge is 0.106 e. The second-order valence-corrected chi connectivity index (χ2v) is 3.04. The van der Waals surface area contributed by atoms with E-state index in [1.807, 2.05) is 24.5 Å². The molecular weight excluding hydrogens is 204 g/mol. The van der Waals surface area contributed by atoms with Crippen LogP contribution in [-0.4, -0.2) is 9.97 Å². The topological polar surface area (TPSA) is 25.8 Å². The van der Waals surface area contributed by atoms with Crippen molar-refractivity contribution in [3.05, 3.63) is 35.3 Å². The van der Waals surface area contributed by atoms with Crippen LogP contribution in [0, 0.1) is 0 Å². The molecule has 0 fully saturated rings. The minimum absolute atomic E-state index is 0.845. The lowest BCUT2D eigenvalue weighted by molar-refractivity contribution is 1.29. The number of fused-ring (bicyclic) bond motifs is 1. The highest BCUT2D eigenvalue weighted by Gasteiger charge is 1.92. The van der Waals surface area contributed by atoms with Crippen LogP contribution in [0.1, 0.15) is 0 Å². The SMILES string of the molecule is Brc1cc2cnccc2cn1. The highest BCUT2D eigenvalue weighted by molar-refractivity contribution is 9.10. The molecule has 0 aliphatic heterocycles. The second kappa shape index (κ2) is 2.58. The molecule has 0 saturated carbocycles. The van der Waals surface area contributed by atoms with Gasteiger partial charge in [0.1, 0.15) is 4.60 Å². The van der Waals surface area contributed by atoms with Crippen molar-refractivity contribution in [2.24, 2.45) is 0 Å². The van der Waals surface area contributed by atoms with E-state index in [0.29, 0.717) is 0 Å². The van der Waals surface area contributed by atoms with E-state index in [4.69, 9.17) is 0 Å². The zero-order valence-corrected chi connectivity index (χ0v) is 7.25. The third-order valence-electron chi connectivity index (χ3n) is 1.49. The van der Waals surface area contributed by atoms with E-state index in [9.17, 15) is 0 Å². The summed E-state index contributed by atoms with van der Waals surface area (Å²) in [6, 6.07) is 3.89. The van der Waals surface area contributed by atoms with Gasteiger partial charge in [-0.1, -0.05) is 0 Å². The summed E-state index contributed by atoms with van der Waals surface area (Å²) in [5, 5.41) is 2.22. The molecule has 0 amide bonds. The standard InChI is InChI=1S/C8H5BrN2/c9-8-3-7-4-10-2-1-6(7)5-11-8/h1-5H. The summed E-state index contributed by atoms with van der Waals surface area (Å²) in [7, 11) is 0. The third-order valence-corrected chi connectivity index (χ3v) is 1.92. The van der Waals surface area contributed by atoms with Gasteiger partial charge in [0, 0.05) is 29.4 Å². The molecule has 0 unspecified atom stereocenters. The largest absolute Gasteiger partial charge is 0.264 e. The Morgan fingerprint density at radius 3 is 3.00 bits per heavy atom. The van der Waals surface area contributed by atoms with Gasteiger partial charge in [0.05, 0.1) is 0 Å². The number of hydrogen-bond acceptors (Lipinski definition) is 2. The Hall–Kier alpha value is -0.960. The molecule has 0 aromatic carbocycles. The van der Waals surface area contributed by atoms with Crippen molar-refractivity contribution in [1.29, 1.82) is 0 Å². The molecular formula is C8H5BrN2. The molecule has 0 aliphatic rings. The summed E-state index contributed by atoms with van der Waals surface area (Å²) in [6.07, 6.45) is 5.40. The van der Waals surface area contributed by atoms with Crippen LogP contribution in [0.15, 0.2) is 35.3 Å². The number of pyridine rings is 2. The molecule has 0 bridgehead atoms. The zero-order chi connectivity index (χ0) is 7.68. The van der Waals surface area contributed by atoms with Crippen molar-refractivity contribution < 1.29 is 0 Å². The van der Waals surface area contributed by atoms with E-state index in [1.165, 1.54) is 0 Å². The molecule has 11 heavy (non-hydrogen) atoms. The van der Waals surface area contributed by atoms with Gasteiger partial charge in [0.15, 0.2) is 0 Å². The number of halogens is 1. The lowest BCUT2D eigenvalue weighted by Crippen LogP contribution is -1.77. The van der Waals surface area contributed by atoms with Crippen molar-refractivity contribution in [2.45, 2.75) is 0 Å². The lowest BCUT2D eigenvalue weighted by Gasteiger charge is -1.94. The van der Waals surface area contributed by atoms with Gasteiger partial charge >= 0.3 is 0 Å². The molecule has 2 heterocycles. The van der Waals surface area contributed by atoms with E-state index in [1.54, 1.807) is 6.20 Å². The van der Waals surface area contributed by atoms with Gasteiger partial charge in [-0.3, -0.25) is 4.98 Å². The summed E-state index contributed by atoms with van der Waals surface area (Å²) < 4.78 is 0.845. The highest BCUT2D eigenvalue weighted by Crippen LogP contribution is 2.14. The van der Waals surface area contributed by atoms with Crippen LogP contribution in [-0.2, 0) is 0 Å². The molecule has 0 saturated heterocycles. The first-order valence-corrected chi connectivity index (χ1v) is 4.01. The maximum Gasteiger partial charge on any atom is 0.106 e. The monoisotopic (exact) mass is 208 g/mol. The minimum atomic E-state index is 0.845. The normalized spacial score (nSPS) is 10.3. The fourth-order valence-corrected chi connectivity index (χ4v) is 1.30. The first-order chi connectivity index (χ1) is 5.36. The quantitative estimate of drug-likeness (QED) is 0.622. The van der Waals surface area contributed by atoms with Crippen molar-refractivity contribution >= 4 is 26.7 Å². The average molecular weight is 209 g/mol. The van der Waals surface area contributed by atoms with Crippen LogP contribution >= 0.6 is 15.9 Å². The van der Waals surface area contributed by atoms with E-state index < -0.39 is 0 Å². The molecule has 2 rings (SSSR count). The molecule has 54 valence electrons. The van der Waals surface area contributed by atoms with Crippen molar-refractivity contribution in [3.63, 3.8) is 0 Å². The van der Waals surface area contributed by atoms with Crippen molar-refractivity contribution in [3.8, 4) is 0 Å². The number of aromatic nitrogens is 2. The summed E-state index contributed by atoms with van der Waals surface area (Å²) in [5.41, 5.74) is 0. The van der Waals surface area contributed by atoms with E-state index >= 15 is 0 Å². The van der Waals surface area contributed by atoms with Gasteiger partial charge < -0.3 is 0 Å². The molecule has 2 nitrogen and oxygen atoms in total. The lowest BCUT2D eigenvalue weighted by atomic mass is 10.2. The Morgan fingerprint density at radius 1 is 1.18 bits per heavy atom. The van der Waals surface area contributed by atoms with E-state index in [0.717, 1.165) is 15.4 Å². The zero-order valence-electron chi connectivity index (χ0n) is 5.66. The Balaban J connectivity index is 2.83. The van der Waals surface area contributed by atoms with Gasteiger partial charge in [-0.15, -0.1) is 0 Å². The summed E-state index contributed by atoms with van der Waals surface area (Å²) >= 11 is 3.29. The molecule has 0 atom stereocenters. The fourth-order valence-electron chi connectivity index (χ4n) is 0.952. The summed E-state index contributed by atoms with van der Waals surface area (Å²) in [6.45, 7) is 0. The summed E-state index contributed by atoms with van der Waals surface area (Å²) in [4.78, 5) is 8.10. The van der Waals surface area contributed by atoms with Gasteiger partial charge in [0.2, 0.25) is 0 Å². The van der Waals surface area contributed by atoms with Crippen LogP contribution in [0.2, 0.25) is 0 Å². The Morgan fingerprint density at radius 2 is 2.09 bits per heavy atom. The van der Waals surface area contributed by atoms with Crippen LogP contribution < -0.4 is 0 Å². The predicted octanol–water partition coefficient (Wildman–Crippen LogP) is 2.39. The molecule has 0 radical (unpaired) electrons. The Labute approximate surface area is 72.4 Å². The average Bonchev–Trinajstić information content (AvgIpc) is 2.04. The molecule has 2 aromatic heterocycles. The van der Waals surface area contributed by atoms with E-state index in [-0.39, 0.29) is 0 Å². The predicted molar refractivity (Wildman–Crippen MR) is 47.2 cm³/mol. The molecule has 0 N–H and O–H groups in total. The van der Waals surface area contributed by atoms with Gasteiger partial charge in [-0.2, -0.15) is 0 Å². The third kappa shape index (κ3) is 1.24. The number of hydrogen-bond donors (Lipinski definition) is 0. The van der Waals surface area contributed by atoms with Crippen LogP contribution in [0.25, 0.3) is 10.8 Å². The highest BCUT2D eigenvalue weighted by atomic mass is 79.9. The second-order valence-electron chi connectivity index (χ2n) is 2.23. The van der Waals surface area contributed by atoms with Crippen molar-refractivity contribution in [2.75, 3.05) is 0 Å². The van der Waals surface area contributed by atoms with Gasteiger partial charge in [0.25, 0.3) is 0 Å². The minimum Gasteiger partial charge on any atom is -0.264 e. The Bertz CT molecular complexity index is 387. The summed E-state index contributed by atoms with van der Waals surface area (Å²) in [5.74, 6) is 0. The first-order valence-electron chi connectivity index (χ1n) is 3.21. The van der Waals surface area contributed by atoms with Crippen LogP contribution in [0.5, 0.6) is 0 Å². The Kier molecular flexibility index (Phi) is 1.58. The maximum atomic E-state index is 4.10. The first kappa shape index (κ1) is 6.73. The van der Waals surface area contributed by atoms with E-state index in [2.05, 4.69) is 25.9 Å². The van der Waals surface area contributed by atoms with Gasteiger partial charge in [-0.25, -0.2) is 4.98 Å². The van der Waals surface area contributed by atoms with Gasteiger partial charge in [-0.05, 0) is 28.1 Å². The molecule has 0 aliphatic carbocycles. The van der Waals surface area contributed by atoms with Crippen molar-refractivity contribution in [1.82, 2.24) is 9.97 Å². The molecule has 0 spiro atoms. The maximum absolute atomic E-state index is 4.10. The van der Waals surface area contributed by atoms with Crippen LogP contribution in [0.4, 0.5) is 0 Å². The van der Waals surface area contributed by atoms with Crippen LogP contribution in [0.3, 0.4) is 0 Å².